The third-order valence-corrected chi connectivity index (χ3v) is 7.05. The van der Waals surface area contributed by atoms with Crippen LogP contribution in [0.4, 0.5) is 13.2 Å². The SMILES string of the molecule is C[C@@H]1CCC(=O)N(C[C@@H](N)CC(=O)N2CCc3c(nc(C4CCCC4)nc3C(F)(F)F)C2)C1. The smallest absolute Gasteiger partial charge is 0.341 e. The van der Waals surface area contributed by atoms with Gasteiger partial charge in [-0.3, -0.25) is 9.59 Å². The average molecular weight is 468 g/mol. The summed E-state index contributed by atoms with van der Waals surface area (Å²) in [5, 5.41) is 0. The first-order valence-electron chi connectivity index (χ1n) is 11.9. The molecule has 4 rings (SSSR count). The monoisotopic (exact) mass is 467 g/mol. The van der Waals surface area contributed by atoms with Crippen LogP contribution < -0.4 is 5.73 Å². The molecule has 1 aromatic rings. The zero-order valence-corrected chi connectivity index (χ0v) is 19.0. The first kappa shape index (κ1) is 23.9. The summed E-state index contributed by atoms with van der Waals surface area (Å²) in [6.07, 6.45) is 0.436. The second-order valence-corrected chi connectivity index (χ2v) is 9.81. The molecule has 0 radical (unpaired) electrons. The van der Waals surface area contributed by atoms with Gasteiger partial charge in [0.1, 0.15) is 5.82 Å². The fourth-order valence-corrected chi connectivity index (χ4v) is 5.24. The number of amides is 2. The molecule has 0 spiro atoms. The van der Waals surface area contributed by atoms with Gasteiger partial charge in [0.05, 0.1) is 12.2 Å². The van der Waals surface area contributed by atoms with Crippen molar-refractivity contribution < 1.29 is 22.8 Å². The summed E-state index contributed by atoms with van der Waals surface area (Å²) in [7, 11) is 0. The van der Waals surface area contributed by atoms with E-state index in [9.17, 15) is 22.8 Å². The van der Waals surface area contributed by atoms with Crippen molar-refractivity contribution in [3.63, 3.8) is 0 Å². The number of fused-ring (bicyclic) bond motifs is 1. The highest BCUT2D eigenvalue weighted by molar-refractivity contribution is 5.78. The van der Waals surface area contributed by atoms with E-state index in [0.717, 1.165) is 32.1 Å². The first-order valence-corrected chi connectivity index (χ1v) is 11.9. The van der Waals surface area contributed by atoms with E-state index in [1.54, 1.807) is 4.90 Å². The van der Waals surface area contributed by atoms with Crippen LogP contribution in [0.3, 0.4) is 0 Å². The predicted molar refractivity (Wildman–Crippen MR) is 115 cm³/mol. The number of carbonyl (C=O) groups is 2. The van der Waals surface area contributed by atoms with Crippen molar-refractivity contribution >= 4 is 11.8 Å². The van der Waals surface area contributed by atoms with E-state index < -0.39 is 17.9 Å². The zero-order chi connectivity index (χ0) is 23.8. The van der Waals surface area contributed by atoms with Gasteiger partial charge >= 0.3 is 6.18 Å². The van der Waals surface area contributed by atoms with Gasteiger partial charge in [-0.05, 0) is 31.6 Å². The Kier molecular flexibility index (Phi) is 6.93. The van der Waals surface area contributed by atoms with Gasteiger partial charge in [-0.2, -0.15) is 13.2 Å². The summed E-state index contributed by atoms with van der Waals surface area (Å²) >= 11 is 0. The van der Waals surface area contributed by atoms with Gasteiger partial charge in [0, 0.05) is 50.0 Å². The molecule has 3 heterocycles. The Labute approximate surface area is 191 Å². The number of halogens is 3. The first-order chi connectivity index (χ1) is 15.6. The molecule has 2 amide bonds. The number of rotatable bonds is 5. The van der Waals surface area contributed by atoms with Gasteiger partial charge in [0.25, 0.3) is 0 Å². The van der Waals surface area contributed by atoms with Crippen LogP contribution >= 0.6 is 0 Å². The second-order valence-electron chi connectivity index (χ2n) is 9.81. The summed E-state index contributed by atoms with van der Waals surface area (Å²) in [5.74, 6) is 0.433. The number of carbonyl (C=O) groups excluding carboxylic acids is 2. The molecule has 182 valence electrons. The Hall–Kier alpha value is -2.23. The van der Waals surface area contributed by atoms with Crippen molar-refractivity contribution in [2.75, 3.05) is 19.6 Å². The molecule has 2 fully saturated rings. The minimum absolute atomic E-state index is 0.0336. The summed E-state index contributed by atoms with van der Waals surface area (Å²) in [6, 6.07) is -0.515. The lowest BCUT2D eigenvalue weighted by molar-refractivity contribution is -0.142. The molecule has 2 atom stereocenters. The molecular weight excluding hydrogens is 435 g/mol. The second kappa shape index (κ2) is 9.56. The highest BCUT2D eigenvalue weighted by Gasteiger charge is 2.40. The van der Waals surface area contributed by atoms with E-state index in [0.29, 0.717) is 31.1 Å². The third kappa shape index (κ3) is 5.47. The molecule has 7 nitrogen and oxygen atoms in total. The third-order valence-electron chi connectivity index (χ3n) is 7.05. The van der Waals surface area contributed by atoms with Gasteiger partial charge in [-0.25, -0.2) is 9.97 Å². The fourth-order valence-electron chi connectivity index (χ4n) is 5.24. The normalized spacial score (nSPS) is 23.1. The van der Waals surface area contributed by atoms with Crippen molar-refractivity contribution in [1.82, 2.24) is 19.8 Å². The molecule has 0 unspecified atom stereocenters. The van der Waals surface area contributed by atoms with Crippen LogP contribution in [-0.4, -0.2) is 57.3 Å². The Balaban J connectivity index is 1.45. The predicted octanol–water partition coefficient (Wildman–Crippen LogP) is 3.01. The minimum Gasteiger partial charge on any atom is -0.341 e. The molecule has 1 aliphatic carbocycles. The standard InChI is InChI=1S/C23H32F3N5O2/c1-14-6-7-19(32)31(11-14)12-16(27)10-20(33)30-9-8-17-18(13-30)28-22(15-4-2-3-5-15)29-21(17)23(24,25)26/h14-16H,2-13,27H2,1H3/t14-,16+/m1/s1. The Morgan fingerprint density at radius 1 is 1.18 bits per heavy atom. The van der Waals surface area contributed by atoms with Crippen LogP contribution in [-0.2, 0) is 28.7 Å². The molecule has 0 bridgehead atoms. The van der Waals surface area contributed by atoms with Crippen molar-refractivity contribution in [2.24, 2.45) is 11.7 Å². The molecule has 33 heavy (non-hydrogen) atoms. The molecular formula is C23H32F3N5O2. The highest BCUT2D eigenvalue weighted by Crippen LogP contribution is 2.38. The summed E-state index contributed by atoms with van der Waals surface area (Å²) in [4.78, 5) is 36.7. The molecule has 2 aliphatic heterocycles. The molecule has 1 aromatic heterocycles. The topological polar surface area (TPSA) is 92.4 Å². The number of nitrogens with two attached hydrogens (primary N) is 1. The zero-order valence-electron chi connectivity index (χ0n) is 19.0. The van der Waals surface area contributed by atoms with Crippen molar-refractivity contribution in [2.45, 2.75) is 83.0 Å². The lowest BCUT2D eigenvalue weighted by atomic mass is 9.98. The van der Waals surface area contributed by atoms with E-state index >= 15 is 0 Å². The van der Waals surface area contributed by atoms with Crippen LogP contribution in [0.5, 0.6) is 0 Å². The average Bonchev–Trinajstić information content (AvgIpc) is 3.29. The van der Waals surface area contributed by atoms with Crippen LogP contribution in [0.15, 0.2) is 0 Å². The summed E-state index contributed by atoms with van der Waals surface area (Å²) in [5.41, 5.74) is 5.74. The Bertz CT molecular complexity index is 901. The van der Waals surface area contributed by atoms with Crippen molar-refractivity contribution in [3.05, 3.63) is 22.8 Å². The van der Waals surface area contributed by atoms with E-state index in [4.69, 9.17) is 5.73 Å². The molecule has 2 N–H and O–H groups in total. The number of hydrogen-bond donors (Lipinski definition) is 1. The van der Waals surface area contributed by atoms with Gasteiger partial charge in [-0.1, -0.05) is 19.8 Å². The summed E-state index contributed by atoms with van der Waals surface area (Å²) in [6.45, 7) is 3.24. The number of piperidine rings is 1. The highest BCUT2D eigenvalue weighted by atomic mass is 19.4. The molecule has 1 saturated carbocycles. The number of aromatic nitrogens is 2. The molecule has 10 heteroatoms. The largest absolute Gasteiger partial charge is 0.433 e. The lowest BCUT2D eigenvalue weighted by Gasteiger charge is -2.34. The number of alkyl halides is 3. The van der Waals surface area contributed by atoms with Gasteiger partial charge in [0.2, 0.25) is 11.8 Å². The number of likely N-dealkylation sites (tertiary alicyclic amines) is 1. The van der Waals surface area contributed by atoms with Crippen LogP contribution in [0, 0.1) is 5.92 Å². The van der Waals surface area contributed by atoms with Crippen LogP contribution in [0.2, 0.25) is 0 Å². The molecule has 3 aliphatic rings. The van der Waals surface area contributed by atoms with Crippen LogP contribution in [0.1, 0.15) is 80.6 Å². The van der Waals surface area contributed by atoms with E-state index in [1.165, 1.54) is 4.90 Å². The minimum atomic E-state index is -4.55. The fraction of sp³-hybridized carbons (Fsp3) is 0.739. The Morgan fingerprint density at radius 3 is 2.61 bits per heavy atom. The maximum Gasteiger partial charge on any atom is 0.433 e. The van der Waals surface area contributed by atoms with E-state index in [-0.39, 0.29) is 55.1 Å². The molecule has 0 aromatic carbocycles. The van der Waals surface area contributed by atoms with E-state index in [1.807, 2.05) is 0 Å². The Morgan fingerprint density at radius 2 is 1.91 bits per heavy atom. The molecule has 1 saturated heterocycles. The van der Waals surface area contributed by atoms with Crippen molar-refractivity contribution in [1.29, 1.82) is 0 Å². The van der Waals surface area contributed by atoms with Crippen molar-refractivity contribution in [3.8, 4) is 0 Å². The van der Waals surface area contributed by atoms with Gasteiger partial charge < -0.3 is 15.5 Å². The van der Waals surface area contributed by atoms with Gasteiger partial charge in [-0.15, -0.1) is 0 Å². The van der Waals surface area contributed by atoms with Gasteiger partial charge in [0.15, 0.2) is 5.69 Å². The summed E-state index contributed by atoms with van der Waals surface area (Å²) < 4.78 is 41.2. The maximum atomic E-state index is 13.7. The number of hydrogen-bond acceptors (Lipinski definition) is 5. The van der Waals surface area contributed by atoms with E-state index in [2.05, 4.69) is 16.9 Å². The number of nitrogens with zero attached hydrogens (tertiary/aromatic N) is 4. The maximum absolute atomic E-state index is 13.7. The van der Waals surface area contributed by atoms with Crippen LogP contribution in [0.25, 0.3) is 0 Å². The quantitative estimate of drug-likeness (QED) is 0.719. The lowest BCUT2D eigenvalue weighted by Crippen LogP contribution is -2.48.